The summed E-state index contributed by atoms with van der Waals surface area (Å²) < 4.78 is 28.7. The third-order valence-electron chi connectivity index (χ3n) is 4.20. The fourth-order valence-corrected chi connectivity index (χ4v) is 3.96. The zero-order chi connectivity index (χ0) is 18.7. The standard InChI is InChI=1S/C18H22N2O5S/c1-13-4-2-3-5-16(13)12-25-18(22)15-8-6-14(7-9-15)10-20-11-17(21)19-26(20,23)24/h2-9,17,19,21,23-24H,10-12H2,1H3. The molecule has 1 aliphatic rings. The first kappa shape index (κ1) is 18.8. The molecule has 0 aromatic heterocycles. The molecule has 3 rings (SSSR count). The zero-order valence-corrected chi connectivity index (χ0v) is 15.1. The maximum atomic E-state index is 12.2. The van der Waals surface area contributed by atoms with Crippen LogP contribution in [0.2, 0.25) is 0 Å². The molecule has 1 aliphatic heterocycles. The van der Waals surface area contributed by atoms with E-state index in [2.05, 4.69) is 4.72 Å². The minimum atomic E-state index is -3.16. The van der Waals surface area contributed by atoms with Crippen LogP contribution < -0.4 is 4.72 Å². The van der Waals surface area contributed by atoms with Gasteiger partial charge < -0.3 is 9.84 Å². The van der Waals surface area contributed by atoms with Gasteiger partial charge in [0, 0.05) is 6.54 Å². The molecule has 140 valence electrons. The van der Waals surface area contributed by atoms with E-state index < -0.39 is 23.2 Å². The van der Waals surface area contributed by atoms with Crippen LogP contribution in [0.4, 0.5) is 0 Å². The molecule has 0 aliphatic carbocycles. The summed E-state index contributed by atoms with van der Waals surface area (Å²) in [6, 6.07) is 14.5. The quantitative estimate of drug-likeness (QED) is 0.593. The molecule has 0 saturated carbocycles. The highest BCUT2D eigenvalue weighted by Crippen LogP contribution is 2.44. The van der Waals surface area contributed by atoms with Gasteiger partial charge in [0.25, 0.3) is 0 Å². The first-order valence-corrected chi connectivity index (χ1v) is 9.65. The minimum Gasteiger partial charge on any atom is -0.457 e. The normalized spacial score (nSPS) is 20.7. The number of aliphatic hydroxyl groups excluding tert-OH is 1. The lowest BCUT2D eigenvalue weighted by atomic mass is 10.1. The molecule has 0 spiro atoms. The Bertz CT molecular complexity index is 781. The van der Waals surface area contributed by atoms with Crippen LogP contribution in [0.1, 0.15) is 27.0 Å². The average molecular weight is 378 g/mol. The molecule has 7 nitrogen and oxygen atoms in total. The summed E-state index contributed by atoms with van der Waals surface area (Å²) in [5.74, 6) is -0.414. The highest BCUT2D eigenvalue weighted by atomic mass is 32.3. The molecular formula is C18H22N2O5S. The van der Waals surface area contributed by atoms with E-state index in [1.165, 1.54) is 4.31 Å². The molecule has 2 aromatic rings. The Kier molecular flexibility index (Phi) is 5.61. The number of aliphatic hydroxyl groups is 1. The summed E-state index contributed by atoms with van der Waals surface area (Å²) in [5, 5.41) is 9.49. The van der Waals surface area contributed by atoms with Crippen molar-refractivity contribution < 1.29 is 23.7 Å². The van der Waals surface area contributed by atoms with Crippen LogP contribution in [-0.4, -0.2) is 37.3 Å². The summed E-state index contributed by atoms with van der Waals surface area (Å²) in [6.07, 6.45) is -0.976. The lowest BCUT2D eigenvalue weighted by Gasteiger charge is -2.35. The van der Waals surface area contributed by atoms with Crippen molar-refractivity contribution in [1.82, 2.24) is 9.03 Å². The van der Waals surface area contributed by atoms with Crippen molar-refractivity contribution in [3.05, 3.63) is 70.8 Å². The molecule has 0 radical (unpaired) electrons. The van der Waals surface area contributed by atoms with E-state index in [1.807, 2.05) is 31.2 Å². The fraction of sp³-hybridized carbons (Fsp3) is 0.278. The van der Waals surface area contributed by atoms with Crippen molar-refractivity contribution in [2.75, 3.05) is 6.54 Å². The lowest BCUT2D eigenvalue weighted by Crippen LogP contribution is -2.25. The highest BCUT2D eigenvalue weighted by molar-refractivity contribution is 8.20. The maximum Gasteiger partial charge on any atom is 0.338 e. The molecule has 1 atom stereocenters. The van der Waals surface area contributed by atoms with Crippen molar-refractivity contribution in [3.63, 3.8) is 0 Å². The first-order chi connectivity index (χ1) is 12.3. The Morgan fingerprint density at radius 2 is 1.92 bits per heavy atom. The van der Waals surface area contributed by atoms with E-state index in [0.717, 1.165) is 16.7 Å². The summed E-state index contributed by atoms with van der Waals surface area (Å²) in [6.45, 7) is 2.53. The van der Waals surface area contributed by atoms with E-state index in [0.29, 0.717) is 5.56 Å². The van der Waals surface area contributed by atoms with Gasteiger partial charge in [0.05, 0.1) is 12.1 Å². The Hall–Kier alpha value is -1.94. The van der Waals surface area contributed by atoms with Gasteiger partial charge in [0.15, 0.2) is 0 Å². The number of hydrogen-bond donors (Lipinski definition) is 4. The molecule has 4 N–H and O–H groups in total. The number of hydrogen-bond acceptors (Lipinski definition) is 7. The van der Waals surface area contributed by atoms with Gasteiger partial charge in [-0.05, 0) is 35.7 Å². The lowest BCUT2D eigenvalue weighted by molar-refractivity contribution is 0.0472. The Balaban J connectivity index is 1.59. The Labute approximate surface area is 153 Å². The molecule has 26 heavy (non-hydrogen) atoms. The van der Waals surface area contributed by atoms with E-state index in [4.69, 9.17) is 4.74 Å². The predicted octanol–water partition coefficient (Wildman–Crippen LogP) is 2.66. The van der Waals surface area contributed by atoms with Gasteiger partial charge in [-0.2, -0.15) is 9.03 Å². The molecule has 1 fully saturated rings. The maximum absolute atomic E-state index is 12.2. The van der Waals surface area contributed by atoms with Gasteiger partial charge in [-0.15, -0.1) is 0 Å². The second-order valence-corrected chi connectivity index (χ2v) is 7.96. The molecule has 2 aromatic carbocycles. The summed E-state index contributed by atoms with van der Waals surface area (Å²) in [5.41, 5.74) is 3.24. The van der Waals surface area contributed by atoms with E-state index >= 15 is 0 Å². The molecule has 1 saturated heterocycles. The van der Waals surface area contributed by atoms with Crippen molar-refractivity contribution >= 4 is 16.9 Å². The molecule has 1 heterocycles. The van der Waals surface area contributed by atoms with Gasteiger partial charge in [-0.25, -0.2) is 4.79 Å². The average Bonchev–Trinajstić information content (AvgIpc) is 2.86. The topological polar surface area (TPSA) is 102 Å². The first-order valence-electron chi connectivity index (χ1n) is 8.14. The fourth-order valence-electron chi connectivity index (χ4n) is 2.69. The Morgan fingerprint density at radius 1 is 1.23 bits per heavy atom. The second kappa shape index (κ2) is 7.75. The van der Waals surface area contributed by atoms with Crippen LogP contribution in [0.5, 0.6) is 0 Å². The van der Waals surface area contributed by atoms with Crippen LogP contribution in [0, 0.1) is 6.92 Å². The van der Waals surface area contributed by atoms with Crippen molar-refractivity contribution in [3.8, 4) is 0 Å². The van der Waals surface area contributed by atoms with Crippen molar-refractivity contribution in [2.45, 2.75) is 26.3 Å². The number of esters is 1. The number of nitrogens with one attached hydrogen (secondary N) is 1. The van der Waals surface area contributed by atoms with Crippen LogP contribution in [0.25, 0.3) is 0 Å². The number of carbonyl (C=O) groups is 1. The molecule has 0 bridgehead atoms. The van der Waals surface area contributed by atoms with Gasteiger partial charge in [-0.3, -0.25) is 9.11 Å². The summed E-state index contributed by atoms with van der Waals surface area (Å²) in [4.78, 5) is 12.2. The second-order valence-electron chi connectivity index (χ2n) is 6.17. The number of aryl methyl sites for hydroxylation is 1. The van der Waals surface area contributed by atoms with Crippen LogP contribution in [0.3, 0.4) is 0 Å². The number of carbonyl (C=O) groups excluding carboxylic acids is 1. The van der Waals surface area contributed by atoms with Crippen molar-refractivity contribution in [1.29, 1.82) is 0 Å². The van der Waals surface area contributed by atoms with Gasteiger partial charge in [0.2, 0.25) is 0 Å². The SMILES string of the molecule is Cc1ccccc1COC(=O)c1ccc(CN2CC(O)NS2(O)O)cc1. The third kappa shape index (κ3) is 4.42. The van der Waals surface area contributed by atoms with Gasteiger partial charge >= 0.3 is 5.97 Å². The van der Waals surface area contributed by atoms with Gasteiger partial charge in [0.1, 0.15) is 12.8 Å². The number of benzene rings is 2. The molecule has 0 amide bonds. The molecule has 1 unspecified atom stereocenters. The third-order valence-corrected chi connectivity index (χ3v) is 5.79. The molecular weight excluding hydrogens is 356 g/mol. The number of β-amino-alcohol motifs (C(OH)–C–C–N with tert-alkyl or cyclic N) is 1. The molecule has 8 heteroatoms. The highest BCUT2D eigenvalue weighted by Gasteiger charge is 2.34. The minimum absolute atomic E-state index is 0.114. The largest absolute Gasteiger partial charge is 0.457 e. The van der Waals surface area contributed by atoms with Crippen LogP contribution in [0.15, 0.2) is 48.5 Å². The van der Waals surface area contributed by atoms with E-state index in [9.17, 15) is 19.0 Å². The predicted molar refractivity (Wildman–Crippen MR) is 99.1 cm³/mol. The zero-order valence-electron chi connectivity index (χ0n) is 14.3. The van der Waals surface area contributed by atoms with Crippen LogP contribution >= 0.6 is 11.0 Å². The van der Waals surface area contributed by atoms with Gasteiger partial charge in [-0.1, -0.05) is 47.4 Å². The Morgan fingerprint density at radius 3 is 2.54 bits per heavy atom. The van der Waals surface area contributed by atoms with E-state index in [1.54, 1.807) is 24.3 Å². The smallest absolute Gasteiger partial charge is 0.338 e. The summed E-state index contributed by atoms with van der Waals surface area (Å²) >= 11 is 0. The van der Waals surface area contributed by atoms with Crippen LogP contribution in [-0.2, 0) is 17.9 Å². The summed E-state index contributed by atoms with van der Waals surface area (Å²) in [7, 11) is -3.16. The number of ether oxygens (including phenoxy) is 1. The van der Waals surface area contributed by atoms with Crippen molar-refractivity contribution in [2.24, 2.45) is 0 Å². The number of rotatable bonds is 5. The van der Waals surface area contributed by atoms with E-state index in [-0.39, 0.29) is 19.7 Å². The monoisotopic (exact) mass is 378 g/mol. The number of nitrogens with zero attached hydrogens (tertiary/aromatic N) is 1.